The molecule has 4 N–H and O–H groups in total. The van der Waals surface area contributed by atoms with Crippen molar-refractivity contribution >= 4 is 11.9 Å². The van der Waals surface area contributed by atoms with Crippen LogP contribution >= 0.6 is 0 Å². The second-order valence-corrected chi connectivity index (χ2v) is 3.19. The summed E-state index contributed by atoms with van der Waals surface area (Å²) in [7, 11) is 0. The summed E-state index contributed by atoms with van der Waals surface area (Å²) in [6, 6.07) is 0. The average Bonchev–Trinajstić information content (AvgIpc) is 2.18. The SMILES string of the molecule is CCCCNc1nc(N)nc(CCO)n1. The van der Waals surface area contributed by atoms with E-state index in [1.54, 1.807) is 0 Å². The molecule has 0 spiro atoms. The number of unbranched alkanes of at least 4 members (excludes halogenated alkanes) is 1. The lowest BCUT2D eigenvalue weighted by atomic mass is 10.3. The number of nitrogens with zero attached hydrogens (tertiary/aromatic N) is 3. The zero-order valence-corrected chi connectivity index (χ0v) is 8.90. The number of rotatable bonds is 6. The van der Waals surface area contributed by atoms with Gasteiger partial charge in [0.1, 0.15) is 5.82 Å². The van der Waals surface area contributed by atoms with E-state index in [-0.39, 0.29) is 12.6 Å². The molecule has 0 aliphatic carbocycles. The molecule has 0 atom stereocenters. The first-order chi connectivity index (χ1) is 7.26. The van der Waals surface area contributed by atoms with Crippen LogP contribution in [0.25, 0.3) is 0 Å². The molecule has 1 heterocycles. The van der Waals surface area contributed by atoms with Crippen LogP contribution in [-0.4, -0.2) is 33.2 Å². The fraction of sp³-hybridized carbons (Fsp3) is 0.667. The van der Waals surface area contributed by atoms with Crippen LogP contribution in [0, 0.1) is 0 Å². The highest BCUT2D eigenvalue weighted by Crippen LogP contribution is 2.03. The van der Waals surface area contributed by atoms with E-state index in [1.165, 1.54) is 0 Å². The van der Waals surface area contributed by atoms with Crippen molar-refractivity contribution in [2.24, 2.45) is 0 Å². The monoisotopic (exact) mass is 211 g/mol. The van der Waals surface area contributed by atoms with Crippen molar-refractivity contribution in [3.8, 4) is 0 Å². The summed E-state index contributed by atoms with van der Waals surface area (Å²) in [6.45, 7) is 2.94. The molecule has 0 fully saturated rings. The highest BCUT2D eigenvalue weighted by atomic mass is 16.3. The lowest BCUT2D eigenvalue weighted by Gasteiger charge is -2.05. The average molecular weight is 211 g/mol. The number of aliphatic hydroxyl groups excluding tert-OH is 1. The molecule has 6 nitrogen and oxygen atoms in total. The van der Waals surface area contributed by atoms with Gasteiger partial charge in [0.25, 0.3) is 0 Å². The minimum atomic E-state index is 0.0118. The van der Waals surface area contributed by atoms with Gasteiger partial charge < -0.3 is 16.2 Å². The molecule has 0 bridgehead atoms. The molecule has 0 saturated heterocycles. The molecule has 0 radical (unpaired) electrons. The van der Waals surface area contributed by atoms with E-state index in [0.717, 1.165) is 19.4 Å². The number of nitrogen functional groups attached to an aromatic ring is 1. The Morgan fingerprint density at radius 3 is 2.80 bits per heavy atom. The summed E-state index contributed by atoms with van der Waals surface area (Å²) in [5.74, 6) is 1.19. The predicted molar refractivity (Wildman–Crippen MR) is 58.4 cm³/mol. The number of hydrogen-bond acceptors (Lipinski definition) is 6. The van der Waals surface area contributed by atoms with Crippen LogP contribution in [0.15, 0.2) is 0 Å². The zero-order valence-electron chi connectivity index (χ0n) is 8.90. The van der Waals surface area contributed by atoms with Crippen LogP contribution < -0.4 is 11.1 Å². The zero-order chi connectivity index (χ0) is 11.1. The lowest BCUT2D eigenvalue weighted by molar-refractivity contribution is 0.296. The Hall–Kier alpha value is -1.43. The number of nitrogens with one attached hydrogen (secondary N) is 1. The van der Waals surface area contributed by atoms with E-state index >= 15 is 0 Å². The minimum Gasteiger partial charge on any atom is -0.396 e. The van der Waals surface area contributed by atoms with Gasteiger partial charge in [0, 0.05) is 13.0 Å². The van der Waals surface area contributed by atoms with Gasteiger partial charge in [-0.25, -0.2) is 0 Å². The van der Waals surface area contributed by atoms with E-state index < -0.39 is 0 Å². The molecule has 0 unspecified atom stereocenters. The first-order valence-electron chi connectivity index (χ1n) is 5.11. The summed E-state index contributed by atoms with van der Waals surface area (Å²) in [5.41, 5.74) is 5.51. The number of aliphatic hydroxyl groups is 1. The second kappa shape index (κ2) is 6.13. The number of aromatic nitrogens is 3. The van der Waals surface area contributed by atoms with Crippen LogP contribution in [0.3, 0.4) is 0 Å². The quantitative estimate of drug-likeness (QED) is 0.582. The highest BCUT2D eigenvalue weighted by molar-refractivity contribution is 5.30. The fourth-order valence-corrected chi connectivity index (χ4v) is 1.11. The maximum Gasteiger partial charge on any atom is 0.227 e. The third-order valence-electron chi connectivity index (χ3n) is 1.85. The topological polar surface area (TPSA) is 97.0 Å². The number of nitrogens with two attached hydrogens (primary N) is 1. The second-order valence-electron chi connectivity index (χ2n) is 3.19. The maximum absolute atomic E-state index is 8.75. The highest BCUT2D eigenvalue weighted by Gasteiger charge is 2.02. The molecule has 0 amide bonds. The Morgan fingerprint density at radius 2 is 2.13 bits per heavy atom. The Morgan fingerprint density at radius 1 is 1.33 bits per heavy atom. The van der Waals surface area contributed by atoms with Crippen LogP contribution in [0.4, 0.5) is 11.9 Å². The molecule has 0 aromatic carbocycles. The number of hydrogen-bond donors (Lipinski definition) is 3. The summed E-state index contributed by atoms with van der Waals surface area (Å²) in [5, 5.41) is 11.8. The van der Waals surface area contributed by atoms with E-state index in [9.17, 15) is 0 Å². The normalized spacial score (nSPS) is 10.3. The van der Waals surface area contributed by atoms with Crippen molar-refractivity contribution in [1.29, 1.82) is 0 Å². The van der Waals surface area contributed by atoms with Crippen molar-refractivity contribution in [2.45, 2.75) is 26.2 Å². The first kappa shape index (κ1) is 11.6. The molecule has 6 heteroatoms. The van der Waals surface area contributed by atoms with Crippen LogP contribution in [0.1, 0.15) is 25.6 Å². The van der Waals surface area contributed by atoms with Gasteiger partial charge in [-0.3, -0.25) is 0 Å². The van der Waals surface area contributed by atoms with Gasteiger partial charge in [-0.15, -0.1) is 0 Å². The summed E-state index contributed by atoms with van der Waals surface area (Å²) in [4.78, 5) is 12.0. The van der Waals surface area contributed by atoms with Gasteiger partial charge in [0.15, 0.2) is 0 Å². The fourth-order valence-electron chi connectivity index (χ4n) is 1.11. The standard InChI is InChI=1S/C9H17N5O/c1-2-3-5-11-9-13-7(4-6-15)12-8(10)14-9/h15H,2-6H2,1H3,(H3,10,11,12,13,14). The van der Waals surface area contributed by atoms with E-state index in [4.69, 9.17) is 10.8 Å². The lowest BCUT2D eigenvalue weighted by Crippen LogP contribution is -2.11. The van der Waals surface area contributed by atoms with Crippen molar-refractivity contribution in [3.63, 3.8) is 0 Å². The molecular weight excluding hydrogens is 194 g/mol. The van der Waals surface area contributed by atoms with Gasteiger partial charge in [-0.2, -0.15) is 15.0 Å². The van der Waals surface area contributed by atoms with Gasteiger partial charge >= 0.3 is 0 Å². The minimum absolute atomic E-state index is 0.0118. The molecule has 1 rings (SSSR count). The smallest absolute Gasteiger partial charge is 0.227 e. The molecule has 15 heavy (non-hydrogen) atoms. The molecule has 0 aliphatic rings. The Balaban J connectivity index is 2.62. The third kappa shape index (κ3) is 4.07. The Kier molecular flexibility index (Phi) is 4.76. The van der Waals surface area contributed by atoms with Crippen LogP contribution in [0.2, 0.25) is 0 Å². The predicted octanol–water partition coefficient (Wildman–Crippen LogP) is 0.201. The Bertz CT molecular complexity index is 305. The van der Waals surface area contributed by atoms with Gasteiger partial charge in [-0.05, 0) is 6.42 Å². The third-order valence-corrected chi connectivity index (χ3v) is 1.85. The first-order valence-corrected chi connectivity index (χ1v) is 5.11. The molecule has 0 aliphatic heterocycles. The van der Waals surface area contributed by atoms with Crippen molar-refractivity contribution in [1.82, 2.24) is 15.0 Å². The Labute approximate surface area is 89.0 Å². The van der Waals surface area contributed by atoms with E-state index in [1.807, 2.05) is 0 Å². The molecule has 0 saturated carbocycles. The van der Waals surface area contributed by atoms with Crippen molar-refractivity contribution in [3.05, 3.63) is 5.82 Å². The molecule has 1 aromatic heterocycles. The van der Waals surface area contributed by atoms with Crippen molar-refractivity contribution in [2.75, 3.05) is 24.2 Å². The van der Waals surface area contributed by atoms with Crippen molar-refractivity contribution < 1.29 is 5.11 Å². The van der Waals surface area contributed by atoms with E-state index in [2.05, 4.69) is 27.2 Å². The summed E-state index contributed by atoms with van der Waals surface area (Å²) >= 11 is 0. The van der Waals surface area contributed by atoms with Crippen LogP contribution in [0.5, 0.6) is 0 Å². The van der Waals surface area contributed by atoms with Gasteiger partial charge in [0.05, 0.1) is 6.61 Å². The summed E-state index contributed by atoms with van der Waals surface area (Å²) in [6.07, 6.45) is 2.56. The maximum atomic E-state index is 8.75. The van der Waals surface area contributed by atoms with Gasteiger partial charge in [-0.1, -0.05) is 13.3 Å². The largest absolute Gasteiger partial charge is 0.396 e. The molecule has 1 aromatic rings. The van der Waals surface area contributed by atoms with E-state index in [0.29, 0.717) is 18.2 Å². The van der Waals surface area contributed by atoms with Crippen LogP contribution in [-0.2, 0) is 6.42 Å². The summed E-state index contributed by atoms with van der Waals surface area (Å²) < 4.78 is 0. The molecule has 84 valence electrons. The molecular formula is C9H17N5O. The van der Waals surface area contributed by atoms with Gasteiger partial charge in [0.2, 0.25) is 11.9 Å². The number of anilines is 2.